The quantitative estimate of drug-likeness (QED) is 0.185. The molecule has 0 amide bonds. The first-order valence-electron chi connectivity index (χ1n) is 16.0. The average molecular weight is 658 g/mol. The number of fused-ring (bicyclic) bond motifs is 4. The Morgan fingerprint density at radius 3 is 2.72 bits per heavy atom. The Balaban J connectivity index is 1.28. The second-order valence-corrected chi connectivity index (χ2v) is 14.0. The van der Waals surface area contributed by atoms with Crippen molar-refractivity contribution in [1.82, 2.24) is 10.6 Å². The Morgan fingerprint density at radius 1 is 1.22 bits per heavy atom. The van der Waals surface area contributed by atoms with Crippen LogP contribution in [0.2, 0.25) is 5.02 Å². The molecule has 0 spiro atoms. The molecular weight excluding hydrogens is 614 g/mol. The third-order valence-corrected chi connectivity index (χ3v) is 10.8. The van der Waals surface area contributed by atoms with Crippen LogP contribution in [0, 0.1) is 23.7 Å². The van der Waals surface area contributed by atoms with E-state index in [1.165, 1.54) is 12.0 Å². The maximum Gasteiger partial charge on any atom is 0.326 e. The van der Waals surface area contributed by atoms with E-state index in [0.29, 0.717) is 35.8 Å². The zero-order chi connectivity index (χ0) is 33.0. The monoisotopic (exact) mass is 657 g/mol. The lowest BCUT2D eigenvalue weighted by Gasteiger charge is -2.58. The number of hydrogen-bond donors (Lipinski definition) is 4. The van der Waals surface area contributed by atoms with Crippen molar-refractivity contribution < 1.29 is 38.5 Å². The molecule has 12 heteroatoms. The van der Waals surface area contributed by atoms with Gasteiger partial charge in [-0.25, -0.2) is 0 Å². The molecule has 6 unspecified atom stereocenters. The molecule has 46 heavy (non-hydrogen) atoms. The summed E-state index contributed by atoms with van der Waals surface area (Å²) in [5.74, 6) is -3.25. The number of ether oxygens (including phenoxy) is 2. The van der Waals surface area contributed by atoms with E-state index in [1.54, 1.807) is 31.5 Å². The molecule has 3 heterocycles. The van der Waals surface area contributed by atoms with Gasteiger partial charge < -0.3 is 29.4 Å². The minimum absolute atomic E-state index is 0.00700. The molecule has 2 aliphatic heterocycles. The number of benzene rings is 1. The maximum atomic E-state index is 14.1. The van der Waals surface area contributed by atoms with Crippen molar-refractivity contribution in [3.63, 3.8) is 0 Å². The van der Waals surface area contributed by atoms with Crippen molar-refractivity contribution >= 4 is 29.2 Å². The fraction of sp³-hybridized carbons (Fsp3) is 0.588. The van der Waals surface area contributed by atoms with Crippen LogP contribution in [-0.4, -0.2) is 59.4 Å². The van der Waals surface area contributed by atoms with Gasteiger partial charge >= 0.3 is 11.9 Å². The topological polar surface area (TPSA) is 143 Å². The summed E-state index contributed by atoms with van der Waals surface area (Å²) >= 11 is 6.44. The number of nitrogens with zero attached hydrogens (tertiary/aromatic N) is 1. The van der Waals surface area contributed by atoms with Gasteiger partial charge in [0.25, 0.3) is 5.79 Å². The second-order valence-electron chi connectivity index (χ2n) is 13.6. The molecule has 4 N–H and O–H groups in total. The van der Waals surface area contributed by atoms with Crippen LogP contribution in [-0.2, 0) is 36.0 Å². The molecule has 0 radical (unpaired) electrons. The van der Waals surface area contributed by atoms with E-state index in [9.17, 15) is 19.8 Å². The lowest BCUT2D eigenvalue weighted by Crippen LogP contribution is -2.70. The average Bonchev–Trinajstić information content (AvgIpc) is 3.63. The second kappa shape index (κ2) is 12.3. The SMILES string of the molecule is CC(=O)OC1(OC(=O)[C@@H]2C[C@@]3(O)c4cccc(Cl)c4N(C)O[C@H]3N2)CC(C)=CC2C(C(C)CNCc3ccco3)CCC(C)C21O. The number of nitrogens with one attached hydrogen (secondary N) is 2. The highest BCUT2D eigenvalue weighted by Crippen LogP contribution is 2.57. The van der Waals surface area contributed by atoms with E-state index in [4.69, 9.17) is 30.3 Å². The van der Waals surface area contributed by atoms with Crippen LogP contribution in [0.3, 0.4) is 0 Å². The van der Waals surface area contributed by atoms with Crippen molar-refractivity contribution in [2.24, 2.45) is 23.7 Å². The van der Waals surface area contributed by atoms with E-state index in [-0.39, 0.29) is 30.6 Å². The summed E-state index contributed by atoms with van der Waals surface area (Å²) in [6, 6.07) is 7.92. The Labute approximate surface area is 274 Å². The van der Waals surface area contributed by atoms with E-state index < -0.39 is 47.1 Å². The van der Waals surface area contributed by atoms with Crippen LogP contribution >= 0.6 is 11.6 Å². The number of carbonyl (C=O) groups excluding carboxylic acids is 2. The van der Waals surface area contributed by atoms with Crippen molar-refractivity contribution in [1.29, 1.82) is 0 Å². The first kappa shape index (κ1) is 33.0. The van der Waals surface area contributed by atoms with Gasteiger partial charge in [-0.15, -0.1) is 0 Å². The van der Waals surface area contributed by atoms with Gasteiger partial charge in [0.2, 0.25) is 0 Å². The molecule has 1 aromatic carbocycles. The smallest absolute Gasteiger partial charge is 0.326 e. The summed E-state index contributed by atoms with van der Waals surface area (Å²) in [6.07, 6.45) is 4.17. The molecule has 1 saturated heterocycles. The number of carbonyl (C=O) groups is 2. The highest BCUT2D eigenvalue weighted by Gasteiger charge is 2.68. The molecule has 2 aliphatic carbocycles. The summed E-state index contributed by atoms with van der Waals surface area (Å²) < 4.78 is 17.7. The summed E-state index contributed by atoms with van der Waals surface area (Å²) in [5.41, 5.74) is -1.42. The predicted octanol–water partition coefficient (Wildman–Crippen LogP) is 4.16. The van der Waals surface area contributed by atoms with Crippen LogP contribution in [0.25, 0.3) is 0 Å². The fourth-order valence-corrected chi connectivity index (χ4v) is 8.61. The van der Waals surface area contributed by atoms with Crippen LogP contribution in [0.4, 0.5) is 5.69 Å². The molecule has 2 fully saturated rings. The highest BCUT2D eigenvalue weighted by atomic mass is 35.5. The van der Waals surface area contributed by atoms with Crippen LogP contribution in [0.5, 0.6) is 0 Å². The molecule has 2 aromatic rings. The van der Waals surface area contributed by atoms with Gasteiger partial charge in [-0.3, -0.25) is 24.8 Å². The lowest BCUT2D eigenvalue weighted by atomic mass is 9.55. The van der Waals surface area contributed by atoms with Crippen molar-refractivity contribution in [2.45, 2.75) is 89.2 Å². The van der Waals surface area contributed by atoms with E-state index in [0.717, 1.165) is 17.8 Å². The number of hydrogen-bond acceptors (Lipinski definition) is 11. The van der Waals surface area contributed by atoms with Crippen molar-refractivity contribution in [3.8, 4) is 0 Å². The first-order chi connectivity index (χ1) is 21.8. The van der Waals surface area contributed by atoms with Gasteiger partial charge in [0, 0.05) is 38.3 Å². The number of para-hydroxylation sites is 1. The molecular formula is C34H44ClN3O8. The van der Waals surface area contributed by atoms with Gasteiger partial charge in [0.1, 0.15) is 17.4 Å². The Morgan fingerprint density at radius 2 is 2.00 bits per heavy atom. The van der Waals surface area contributed by atoms with Crippen molar-refractivity contribution in [3.05, 3.63) is 64.6 Å². The zero-order valence-electron chi connectivity index (χ0n) is 26.9. The fourth-order valence-electron chi connectivity index (χ4n) is 8.31. The van der Waals surface area contributed by atoms with Gasteiger partial charge in [-0.05, 0) is 62.3 Å². The molecule has 1 aromatic heterocycles. The number of esters is 2. The molecule has 4 aliphatic rings. The Hall–Kier alpha value is -2.93. The Bertz CT molecular complexity index is 1500. The van der Waals surface area contributed by atoms with E-state index in [2.05, 4.69) is 23.6 Å². The third-order valence-electron chi connectivity index (χ3n) is 10.5. The van der Waals surface area contributed by atoms with Gasteiger partial charge in [0.15, 0.2) is 11.8 Å². The first-order valence-corrected chi connectivity index (χ1v) is 16.4. The number of furan rings is 1. The van der Waals surface area contributed by atoms with Crippen molar-refractivity contribution in [2.75, 3.05) is 18.7 Å². The third kappa shape index (κ3) is 5.44. The number of rotatable bonds is 8. The molecule has 6 rings (SSSR count). The number of hydroxylamine groups is 1. The van der Waals surface area contributed by atoms with Gasteiger partial charge in [-0.2, -0.15) is 0 Å². The highest BCUT2D eigenvalue weighted by molar-refractivity contribution is 6.33. The number of aliphatic hydroxyl groups is 2. The van der Waals surface area contributed by atoms with Crippen LogP contribution < -0.4 is 15.7 Å². The summed E-state index contributed by atoms with van der Waals surface area (Å²) in [7, 11) is 1.68. The standard InChI is InChI=1S/C34H44ClN3O8/c1-19-14-26-24(20(2)17-36-18-23-8-7-13-43-23)12-11-21(3)34(26,42)33(15-19,44-22(4)39)45-30(40)28-16-32(41)25-9-6-10-27(35)29(25)38(5)46-31(32)37-28/h6-10,13-14,20-21,24,26,28,31,36-37,41-42H,11-12,15-18H2,1-5H3/t20?,21?,24?,26?,28-,31+,32+,33?,34?/m0/s1. The summed E-state index contributed by atoms with van der Waals surface area (Å²) in [5, 5.41) is 33.1. The normalized spacial score (nSPS) is 35.8. The molecule has 9 atom stereocenters. The van der Waals surface area contributed by atoms with Gasteiger partial charge in [0.05, 0.1) is 23.5 Å². The predicted molar refractivity (Wildman–Crippen MR) is 169 cm³/mol. The number of halogens is 1. The molecule has 1 saturated carbocycles. The largest absolute Gasteiger partial charge is 0.468 e. The summed E-state index contributed by atoms with van der Waals surface area (Å²) in [6.45, 7) is 8.46. The lowest BCUT2D eigenvalue weighted by molar-refractivity contribution is -0.331. The van der Waals surface area contributed by atoms with Crippen LogP contribution in [0.1, 0.15) is 64.7 Å². The summed E-state index contributed by atoms with van der Waals surface area (Å²) in [4.78, 5) is 32.8. The van der Waals surface area contributed by atoms with E-state index >= 15 is 0 Å². The molecule has 0 bridgehead atoms. The minimum Gasteiger partial charge on any atom is -0.468 e. The number of anilines is 1. The minimum atomic E-state index is -1.98. The van der Waals surface area contributed by atoms with Gasteiger partial charge in [-0.1, -0.05) is 49.2 Å². The maximum absolute atomic E-state index is 14.1. The van der Waals surface area contributed by atoms with Crippen LogP contribution in [0.15, 0.2) is 52.7 Å². The molecule has 250 valence electrons. The zero-order valence-corrected chi connectivity index (χ0v) is 27.7. The van der Waals surface area contributed by atoms with E-state index in [1.807, 2.05) is 26.0 Å². The molecule has 11 nitrogen and oxygen atoms in total. The Kier molecular flexibility index (Phi) is 8.79.